The first-order valence-electron chi connectivity index (χ1n) is 0.825. The van der Waals surface area contributed by atoms with Gasteiger partial charge in [0.2, 0.25) is 6.29 Å². The molecule has 0 N–H and O–H groups in total. The monoisotopic (exact) mass is 107 g/mol. The molecule has 0 fully saturated rings. The Bertz CT molecular complexity index is 23.6. The smallest absolute Gasteiger partial charge is 0.214 e. The number of carbonyl (C=O) groups excluding carboxylic acids is 1. The standard InChI is InChI=1S/C2H2ClO.Al.3H/c3-1-2-4;;;;/h1H2;;;;. The summed E-state index contributed by atoms with van der Waals surface area (Å²) >= 11 is 4.76. The Balaban J connectivity index is 0. The van der Waals surface area contributed by atoms with Crippen molar-refractivity contribution in [2.75, 3.05) is 5.88 Å². The van der Waals surface area contributed by atoms with Gasteiger partial charge in [0.05, 0.1) is 5.88 Å². The van der Waals surface area contributed by atoms with E-state index < -0.39 is 0 Å². The zero-order valence-electron chi connectivity index (χ0n) is 1.99. The lowest BCUT2D eigenvalue weighted by Crippen LogP contribution is -1.62. The molecule has 0 bridgehead atoms. The molecule has 5 heavy (non-hydrogen) atoms. The molecule has 0 rings (SSSR count). The second-order valence-electron chi connectivity index (χ2n) is 0.278. The van der Waals surface area contributed by atoms with E-state index in [2.05, 4.69) is 0 Å². The van der Waals surface area contributed by atoms with Crippen molar-refractivity contribution in [1.82, 2.24) is 0 Å². The van der Waals surface area contributed by atoms with E-state index in [4.69, 9.17) is 16.4 Å². The summed E-state index contributed by atoms with van der Waals surface area (Å²) in [4.78, 5) is 8.92. The highest BCUT2D eigenvalue weighted by Gasteiger charge is 1.58. The second-order valence-corrected chi connectivity index (χ2v) is 0.545. The molecule has 0 heterocycles. The van der Waals surface area contributed by atoms with Crippen LogP contribution in [-0.4, -0.2) is 29.5 Å². The number of hydrogen-bond donors (Lipinski definition) is 0. The van der Waals surface area contributed by atoms with Gasteiger partial charge >= 0.3 is 0 Å². The molecule has 1 nitrogen and oxygen atoms in total. The quantitative estimate of drug-likeness (QED) is 0.315. The van der Waals surface area contributed by atoms with Crippen molar-refractivity contribution in [2.24, 2.45) is 0 Å². The lowest BCUT2D eigenvalue weighted by molar-refractivity contribution is 0.560. The fourth-order valence-corrected chi connectivity index (χ4v) is 0. The topological polar surface area (TPSA) is 17.1 Å². The van der Waals surface area contributed by atoms with Crippen molar-refractivity contribution in [3.05, 3.63) is 0 Å². The molecule has 0 atom stereocenters. The zero-order chi connectivity index (χ0) is 3.41. The highest BCUT2D eigenvalue weighted by molar-refractivity contribution is 6.24. The minimum Gasteiger partial charge on any atom is -0.289 e. The van der Waals surface area contributed by atoms with Gasteiger partial charge in [-0.15, -0.1) is 11.6 Å². The van der Waals surface area contributed by atoms with Crippen molar-refractivity contribution >= 4 is 35.2 Å². The first kappa shape index (κ1) is 9.09. The van der Waals surface area contributed by atoms with Gasteiger partial charge in [-0.05, 0) is 0 Å². The van der Waals surface area contributed by atoms with Gasteiger partial charge < -0.3 is 0 Å². The van der Waals surface area contributed by atoms with E-state index >= 15 is 0 Å². The summed E-state index contributed by atoms with van der Waals surface area (Å²) in [5.41, 5.74) is 0. The molecule has 0 aliphatic heterocycles. The largest absolute Gasteiger partial charge is 0.289 e. The molecule has 0 aromatic carbocycles. The average Bonchev–Trinajstić information content (AvgIpc) is 1.37. The molecule has 29 valence electrons. The van der Waals surface area contributed by atoms with Gasteiger partial charge in [-0.2, -0.15) is 0 Å². The van der Waals surface area contributed by atoms with Crippen LogP contribution in [0.25, 0.3) is 0 Å². The number of alkyl halides is 1. The molecule has 0 aromatic rings. The molecule has 0 unspecified atom stereocenters. The Morgan fingerprint density at radius 1 is 1.80 bits per heavy atom. The van der Waals surface area contributed by atoms with Gasteiger partial charge in [-0.25, -0.2) is 0 Å². The summed E-state index contributed by atoms with van der Waals surface area (Å²) in [6.45, 7) is 0. The summed E-state index contributed by atoms with van der Waals surface area (Å²) < 4.78 is 0. The average molecular weight is 107 g/mol. The lowest BCUT2D eigenvalue weighted by atomic mass is 10.9. The third-order valence-electron chi connectivity index (χ3n) is 0.0546. The van der Waals surface area contributed by atoms with Crippen LogP contribution in [0.5, 0.6) is 0 Å². The molecule has 0 aromatic heterocycles. The Morgan fingerprint density at radius 3 is 2.00 bits per heavy atom. The molecule has 3 heteroatoms. The summed E-state index contributed by atoms with van der Waals surface area (Å²) in [6, 6.07) is 0. The van der Waals surface area contributed by atoms with E-state index in [-0.39, 0.29) is 23.2 Å². The van der Waals surface area contributed by atoms with Crippen LogP contribution in [0.4, 0.5) is 0 Å². The fraction of sp³-hybridized carbons (Fsp3) is 0.500. The maximum Gasteiger partial charge on any atom is 0.214 e. The lowest BCUT2D eigenvalue weighted by Gasteiger charge is -1.46. The SMILES string of the molecule is O=[C]CCl.[AlH3]. The number of hydrogen-bond acceptors (Lipinski definition) is 1. The molecule has 0 aliphatic carbocycles. The van der Waals surface area contributed by atoms with Crippen LogP contribution in [0.1, 0.15) is 0 Å². The van der Waals surface area contributed by atoms with E-state index in [1.54, 1.807) is 0 Å². The van der Waals surface area contributed by atoms with Crippen LogP contribution in [0.3, 0.4) is 0 Å². The zero-order valence-corrected chi connectivity index (χ0v) is 2.75. The maximum atomic E-state index is 8.92. The molecule has 0 aliphatic rings. The Kier molecular flexibility index (Phi) is 16.0. The fourth-order valence-electron chi connectivity index (χ4n) is 0. The van der Waals surface area contributed by atoms with Crippen LogP contribution < -0.4 is 0 Å². The molecule has 0 spiro atoms. The van der Waals surface area contributed by atoms with Crippen molar-refractivity contribution in [2.45, 2.75) is 0 Å². The first-order chi connectivity index (χ1) is 1.91. The summed E-state index contributed by atoms with van der Waals surface area (Å²) in [5, 5.41) is 0. The molecular weight excluding hydrogens is 102 g/mol. The number of rotatable bonds is 1. The van der Waals surface area contributed by atoms with E-state index in [9.17, 15) is 0 Å². The molecular formula is C2H5AlClO. The van der Waals surface area contributed by atoms with Crippen molar-refractivity contribution < 1.29 is 4.79 Å². The van der Waals surface area contributed by atoms with Crippen LogP contribution in [0, 0.1) is 0 Å². The van der Waals surface area contributed by atoms with Gasteiger partial charge in [-0.3, -0.25) is 4.79 Å². The molecule has 0 saturated heterocycles. The van der Waals surface area contributed by atoms with Crippen molar-refractivity contribution in [1.29, 1.82) is 0 Å². The van der Waals surface area contributed by atoms with E-state index in [0.717, 1.165) is 0 Å². The summed E-state index contributed by atoms with van der Waals surface area (Å²) in [5.74, 6) is -0.0139. The third-order valence-corrected chi connectivity index (χ3v) is 0.164. The van der Waals surface area contributed by atoms with E-state index in [1.807, 2.05) is 0 Å². The Morgan fingerprint density at radius 2 is 2.00 bits per heavy atom. The highest BCUT2D eigenvalue weighted by Crippen LogP contribution is 1.57. The molecule has 1 radical (unpaired) electrons. The van der Waals surface area contributed by atoms with Gasteiger partial charge in [0.1, 0.15) is 0 Å². The van der Waals surface area contributed by atoms with Crippen molar-refractivity contribution in [3.63, 3.8) is 0 Å². The predicted octanol–water partition coefficient (Wildman–Crippen LogP) is -0.849. The molecule has 0 amide bonds. The van der Waals surface area contributed by atoms with Crippen LogP contribution in [-0.2, 0) is 4.79 Å². The summed E-state index contributed by atoms with van der Waals surface area (Å²) in [7, 11) is 0. The van der Waals surface area contributed by atoms with Crippen LogP contribution in [0.15, 0.2) is 0 Å². The predicted molar refractivity (Wildman–Crippen MR) is 26.4 cm³/mol. The van der Waals surface area contributed by atoms with Gasteiger partial charge in [-0.1, -0.05) is 0 Å². The molecule has 0 saturated carbocycles. The van der Waals surface area contributed by atoms with Crippen molar-refractivity contribution in [3.8, 4) is 0 Å². The first-order valence-corrected chi connectivity index (χ1v) is 1.36. The van der Waals surface area contributed by atoms with Gasteiger partial charge in [0.25, 0.3) is 0 Å². The normalized spacial score (nSPS) is 5.00. The van der Waals surface area contributed by atoms with Crippen LogP contribution >= 0.6 is 11.6 Å². The Labute approximate surface area is 46.4 Å². The minimum absolute atomic E-state index is 0. The van der Waals surface area contributed by atoms with Crippen LogP contribution in [0.2, 0.25) is 0 Å². The van der Waals surface area contributed by atoms with E-state index in [0.29, 0.717) is 0 Å². The van der Waals surface area contributed by atoms with E-state index in [1.165, 1.54) is 6.29 Å². The number of halogens is 1. The minimum atomic E-state index is -0.0139. The highest BCUT2D eigenvalue weighted by atomic mass is 35.5. The Hall–Kier alpha value is 0.492. The third kappa shape index (κ3) is 12.5. The second kappa shape index (κ2) is 8.82. The van der Waals surface area contributed by atoms with Gasteiger partial charge in [0, 0.05) is 0 Å². The maximum absolute atomic E-state index is 8.92. The summed E-state index contributed by atoms with van der Waals surface area (Å²) in [6.07, 6.45) is 1.45. The van der Waals surface area contributed by atoms with Gasteiger partial charge in [0.15, 0.2) is 17.4 Å².